The van der Waals surface area contributed by atoms with E-state index in [1.807, 2.05) is 17.1 Å². The zero-order chi connectivity index (χ0) is 21.4. The fourth-order valence-electron chi connectivity index (χ4n) is 4.15. The van der Waals surface area contributed by atoms with Crippen molar-refractivity contribution in [3.05, 3.63) is 66.9 Å². The van der Waals surface area contributed by atoms with Crippen molar-refractivity contribution in [2.24, 2.45) is 5.92 Å². The first-order chi connectivity index (χ1) is 15.0. The van der Waals surface area contributed by atoms with Gasteiger partial charge in [0.2, 0.25) is 10.0 Å². The van der Waals surface area contributed by atoms with E-state index in [4.69, 9.17) is 0 Å². The van der Waals surface area contributed by atoms with Crippen LogP contribution < -0.4 is 0 Å². The molecule has 9 heteroatoms. The Balaban J connectivity index is 1.26. The molecule has 1 aliphatic heterocycles. The number of aromatic amines is 1. The van der Waals surface area contributed by atoms with Gasteiger partial charge >= 0.3 is 0 Å². The molecule has 2 aromatic carbocycles. The number of fused-ring (bicyclic) bond motifs is 1. The molecule has 0 spiro atoms. The molecule has 2 aromatic heterocycles. The number of nitrogens with zero attached hydrogens (tertiary/aromatic N) is 4. The summed E-state index contributed by atoms with van der Waals surface area (Å²) in [6.45, 7) is 1.65. The highest BCUT2D eigenvalue weighted by molar-refractivity contribution is 7.89. The molecule has 0 amide bonds. The van der Waals surface area contributed by atoms with Gasteiger partial charge in [-0.3, -0.25) is 9.78 Å². The number of piperidine rings is 1. The number of nitrogens with one attached hydrogen (secondary N) is 1. The topological polar surface area (TPSA) is 83.9 Å². The molecule has 0 atom stereocenters. The highest BCUT2D eigenvalue weighted by Crippen LogP contribution is 2.27. The maximum absolute atomic E-state index is 13.1. The van der Waals surface area contributed by atoms with Crippen LogP contribution in [-0.4, -0.2) is 45.8 Å². The van der Waals surface area contributed by atoms with Crippen molar-refractivity contribution >= 4 is 20.9 Å². The summed E-state index contributed by atoms with van der Waals surface area (Å²) < 4.78 is 42.2. The molecule has 1 saturated heterocycles. The van der Waals surface area contributed by atoms with E-state index in [-0.39, 0.29) is 4.90 Å². The van der Waals surface area contributed by atoms with Crippen molar-refractivity contribution in [3.8, 4) is 11.1 Å². The largest absolute Gasteiger partial charge is 0.285 e. The second kappa shape index (κ2) is 7.90. The summed E-state index contributed by atoms with van der Waals surface area (Å²) in [6.07, 6.45) is 7.04. The number of rotatable bonds is 5. The SMILES string of the molecule is O=S(=O)(c1ccc(F)cc1)N1CCC(Cn2ncc3cc(-c4cn[nH]c4)ccc32)CC1. The van der Waals surface area contributed by atoms with Crippen molar-refractivity contribution in [1.29, 1.82) is 0 Å². The summed E-state index contributed by atoms with van der Waals surface area (Å²) in [6, 6.07) is 11.2. The third kappa shape index (κ3) is 3.86. The Bertz CT molecular complexity index is 1290. The van der Waals surface area contributed by atoms with E-state index in [1.165, 1.54) is 28.6 Å². The molecule has 7 nitrogen and oxygen atoms in total. The van der Waals surface area contributed by atoms with Gasteiger partial charge in [-0.15, -0.1) is 0 Å². The number of H-pyrrole nitrogens is 1. The molecule has 0 aliphatic carbocycles. The Morgan fingerprint density at radius 3 is 2.52 bits per heavy atom. The molecule has 31 heavy (non-hydrogen) atoms. The van der Waals surface area contributed by atoms with Crippen LogP contribution in [0, 0.1) is 11.7 Å². The van der Waals surface area contributed by atoms with Crippen LogP contribution in [0.1, 0.15) is 12.8 Å². The molecule has 0 unspecified atom stereocenters. The fraction of sp³-hybridized carbons (Fsp3) is 0.273. The Kier molecular flexibility index (Phi) is 5.07. The summed E-state index contributed by atoms with van der Waals surface area (Å²) in [7, 11) is -3.59. The maximum atomic E-state index is 13.1. The van der Waals surface area contributed by atoms with Crippen LogP contribution in [0.2, 0.25) is 0 Å². The Labute approximate surface area is 179 Å². The fourth-order valence-corrected chi connectivity index (χ4v) is 5.62. The monoisotopic (exact) mass is 439 g/mol. The van der Waals surface area contributed by atoms with E-state index < -0.39 is 15.8 Å². The summed E-state index contributed by atoms with van der Waals surface area (Å²) >= 11 is 0. The van der Waals surface area contributed by atoms with Crippen LogP contribution in [0.15, 0.2) is 66.0 Å². The average molecular weight is 440 g/mol. The summed E-state index contributed by atoms with van der Waals surface area (Å²) in [5.74, 6) is -0.0997. The van der Waals surface area contributed by atoms with Crippen molar-refractivity contribution in [2.75, 3.05) is 13.1 Å². The van der Waals surface area contributed by atoms with E-state index in [0.717, 1.165) is 41.4 Å². The third-order valence-electron chi connectivity index (χ3n) is 5.93. The minimum Gasteiger partial charge on any atom is -0.285 e. The van der Waals surface area contributed by atoms with Crippen molar-refractivity contribution in [3.63, 3.8) is 0 Å². The van der Waals surface area contributed by atoms with Gasteiger partial charge in [-0.1, -0.05) is 6.07 Å². The van der Waals surface area contributed by atoms with Crippen LogP contribution >= 0.6 is 0 Å². The quantitative estimate of drug-likeness (QED) is 0.514. The predicted octanol–water partition coefficient (Wildman–Crippen LogP) is 3.67. The van der Waals surface area contributed by atoms with Crippen molar-refractivity contribution < 1.29 is 12.8 Å². The van der Waals surface area contributed by atoms with Gasteiger partial charge in [-0.25, -0.2) is 12.8 Å². The van der Waals surface area contributed by atoms with Crippen molar-refractivity contribution in [1.82, 2.24) is 24.3 Å². The zero-order valence-electron chi connectivity index (χ0n) is 16.8. The minimum atomic E-state index is -3.59. The lowest BCUT2D eigenvalue weighted by Gasteiger charge is -2.31. The highest BCUT2D eigenvalue weighted by atomic mass is 32.2. The van der Waals surface area contributed by atoms with Crippen LogP contribution in [-0.2, 0) is 16.6 Å². The molecule has 0 bridgehead atoms. The van der Waals surface area contributed by atoms with Gasteiger partial charge in [-0.2, -0.15) is 14.5 Å². The molecular formula is C22H22FN5O2S. The lowest BCUT2D eigenvalue weighted by atomic mass is 9.98. The zero-order valence-corrected chi connectivity index (χ0v) is 17.6. The first-order valence-corrected chi connectivity index (χ1v) is 11.7. The lowest BCUT2D eigenvalue weighted by Crippen LogP contribution is -2.39. The predicted molar refractivity (Wildman–Crippen MR) is 115 cm³/mol. The summed E-state index contributed by atoms with van der Waals surface area (Å²) in [5.41, 5.74) is 3.18. The Hall–Kier alpha value is -3.04. The highest BCUT2D eigenvalue weighted by Gasteiger charge is 2.29. The Morgan fingerprint density at radius 2 is 1.81 bits per heavy atom. The van der Waals surface area contributed by atoms with E-state index in [9.17, 15) is 12.8 Å². The third-order valence-corrected chi connectivity index (χ3v) is 7.84. The van der Waals surface area contributed by atoms with Crippen LogP contribution in [0.5, 0.6) is 0 Å². The van der Waals surface area contributed by atoms with Gasteiger partial charge in [0, 0.05) is 36.8 Å². The molecule has 1 aliphatic rings. The molecular weight excluding hydrogens is 417 g/mol. The molecule has 1 N–H and O–H groups in total. The van der Waals surface area contributed by atoms with E-state index in [1.54, 1.807) is 6.20 Å². The number of hydrogen-bond donors (Lipinski definition) is 1. The lowest BCUT2D eigenvalue weighted by molar-refractivity contribution is 0.249. The molecule has 1 fully saturated rings. The van der Waals surface area contributed by atoms with E-state index in [2.05, 4.69) is 33.5 Å². The minimum absolute atomic E-state index is 0.138. The standard InChI is InChI=1S/C22H22FN5O2S/c23-20-2-4-21(5-3-20)31(29,30)27-9-7-16(8-10-27)15-28-22-6-1-17(11-18(22)14-26-28)19-12-24-25-13-19/h1-6,11-14,16H,7-10,15H2,(H,24,25). The van der Waals surface area contributed by atoms with Gasteiger partial charge in [0.25, 0.3) is 0 Å². The number of benzene rings is 2. The molecule has 160 valence electrons. The van der Waals surface area contributed by atoms with Gasteiger partial charge < -0.3 is 0 Å². The smallest absolute Gasteiger partial charge is 0.243 e. The van der Waals surface area contributed by atoms with Gasteiger partial charge in [0.15, 0.2) is 0 Å². The molecule has 3 heterocycles. The van der Waals surface area contributed by atoms with E-state index in [0.29, 0.717) is 19.0 Å². The second-order valence-corrected chi connectivity index (χ2v) is 9.83. The number of halogens is 1. The maximum Gasteiger partial charge on any atom is 0.243 e. The number of aromatic nitrogens is 4. The molecule has 4 aromatic rings. The van der Waals surface area contributed by atoms with Gasteiger partial charge in [-0.05, 0) is 60.7 Å². The van der Waals surface area contributed by atoms with Crippen LogP contribution in [0.25, 0.3) is 22.0 Å². The summed E-state index contributed by atoms with van der Waals surface area (Å²) in [5, 5.41) is 12.5. The van der Waals surface area contributed by atoms with Crippen molar-refractivity contribution in [2.45, 2.75) is 24.3 Å². The average Bonchev–Trinajstić information content (AvgIpc) is 3.45. The van der Waals surface area contributed by atoms with Gasteiger partial charge in [0.05, 0.1) is 22.8 Å². The first kappa shape index (κ1) is 19.9. The van der Waals surface area contributed by atoms with Crippen LogP contribution in [0.3, 0.4) is 0 Å². The molecule has 0 saturated carbocycles. The van der Waals surface area contributed by atoms with E-state index >= 15 is 0 Å². The first-order valence-electron chi connectivity index (χ1n) is 10.2. The normalized spacial score (nSPS) is 16.2. The summed E-state index contributed by atoms with van der Waals surface area (Å²) in [4.78, 5) is 0.138. The number of sulfonamides is 1. The van der Waals surface area contributed by atoms with Crippen LogP contribution in [0.4, 0.5) is 4.39 Å². The van der Waals surface area contributed by atoms with Gasteiger partial charge in [0.1, 0.15) is 5.82 Å². The number of hydrogen-bond acceptors (Lipinski definition) is 4. The second-order valence-electron chi connectivity index (χ2n) is 7.89. The molecule has 5 rings (SSSR count). The molecule has 0 radical (unpaired) electrons. The Morgan fingerprint density at radius 1 is 1.03 bits per heavy atom.